The van der Waals surface area contributed by atoms with Gasteiger partial charge in [-0.05, 0) is 43.2 Å². The van der Waals surface area contributed by atoms with Crippen LogP contribution in [0.5, 0.6) is 5.75 Å². The summed E-state index contributed by atoms with van der Waals surface area (Å²) in [5.41, 5.74) is 0.772. The topological polar surface area (TPSA) is 38.2 Å². The van der Waals surface area contributed by atoms with E-state index < -0.39 is 0 Å². The van der Waals surface area contributed by atoms with Crippen LogP contribution in [0, 0.1) is 11.7 Å². The molecule has 25 heavy (non-hydrogen) atoms. The van der Waals surface area contributed by atoms with Gasteiger partial charge in [0.1, 0.15) is 23.7 Å². The van der Waals surface area contributed by atoms with Crippen LogP contribution in [0.2, 0.25) is 0 Å². The molecule has 0 aliphatic carbocycles. The summed E-state index contributed by atoms with van der Waals surface area (Å²) in [4.78, 5) is 10.9. The SMILES string of the molecule is Fc1ccc2ncnc(N3CCCC(COc4ccccc4)C3)c2c1. The first-order valence-corrected chi connectivity index (χ1v) is 8.62. The Morgan fingerprint density at radius 2 is 2.00 bits per heavy atom. The number of piperidine rings is 1. The summed E-state index contributed by atoms with van der Waals surface area (Å²) < 4.78 is 19.6. The first-order valence-electron chi connectivity index (χ1n) is 8.62. The first-order chi connectivity index (χ1) is 12.3. The lowest BCUT2D eigenvalue weighted by molar-refractivity contribution is 0.228. The van der Waals surface area contributed by atoms with E-state index in [0.717, 1.165) is 48.4 Å². The zero-order chi connectivity index (χ0) is 17.1. The molecule has 1 atom stereocenters. The highest BCUT2D eigenvalue weighted by Gasteiger charge is 2.23. The number of anilines is 1. The van der Waals surface area contributed by atoms with Gasteiger partial charge in [-0.3, -0.25) is 0 Å². The van der Waals surface area contributed by atoms with Crippen molar-refractivity contribution in [1.29, 1.82) is 0 Å². The van der Waals surface area contributed by atoms with Crippen molar-refractivity contribution in [3.63, 3.8) is 0 Å². The number of aromatic nitrogens is 2. The van der Waals surface area contributed by atoms with Crippen LogP contribution >= 0.6 is 0 Å². The fourth-order valence-electron chi connectivity index (χ4n) is 3.39. The van der Waals surface area contributed by atoms with E-state index in [4.69, 9.17) is 4.74 Å². The van der Waals surface area contributed by atoms with Crippen LogP contribution in [0.25, 0.3) is 10.9 Å². The summed E-state index contributed by atoms with van der Waals surface area (Å²) in [6.07, 6.45) is 3.75. The average molecular weight is 337 g/mol. The molecule has 1 aliphatic rings. The Balaban J connectivity index is 1.50. The Morgan fingerprint density at radius 1 is 1.12 bits per heavy atom. The molecule has 5 heteroatoms. The molecule has 0 bridgehead atoms. The Morgan fingerprint density at radius 3 is 2.88 bits per heavy atom. The summed E-state index contributed by atoms with van der Waals surface area (Å²) in [7, 11) is 0. The van der Waals surface area contributed by atoms with Gasteiger partial charge >= 0.3 is 0 Å². The van der Waals surface area contributed by atoms with Gasteiger partial charge in [-0.25, -0.2) is 14.4 Å². The van der Waals surface area contributed by atoms with Crippen molar-refractivity contribution in [2.45, 2.75) is 12.8 Å². The van der Waals surface area contributed by atoms with E-state index in [1.54, 1.807) is 12.4 Å². The van der Waals surface area contributed by atoms with Crippen LogP contribution in [0.4, 0.5) is 10.2 Å². The average Bonchev–Trinajstić information content (AvgIpc) is 2.67. The summed E-state index contributed by atoms with van der Waals surface area (Å²) in [5, 5.41) is 0.770. The summed E-state index contributed by atoms with van der Waals surface area (Å²) in [6, 6.07) is 14.5. The monoisotopic (exact) mass is 337 g/mol. The molecule has 0 N–H and O–H groups in total. The number of ether oxygens (including phenoxy) is 1. The minimum absolute atomic E-state index is 0.260. The number of nitrogens with zero attached hydrogens (tertiary/aromatic N) is 3. The second kappa shape index (κ2) is 7.05. The van der Waals surface area contributed by atoms with E-state index in [-0.39, 0.29) is 5.82 Å². The van der Waals surface area contributed by atoms with Crippen molar-refractivity contribution in [1.82, 2.24) is 9.97 Å². The lowest BCUT2D eigenvalue weighted by Crippen LogP contribution is -2.38. The van der Waals surface area contributed by atoms with Gasteiger partial charge < -0.3 is 9.64 Å². The second-order valence-electron chi connectivity index (χ2n) is 6.44. The van der Waals surface area contributed by atoms with Gasteiger partial charge in [-0.15, -0.1) is 0 Å². The van der Waals surface area contributed by atoms with E-state index in [1.807, 2.05) is 30.3 Å². The maximum absolute atomic E-state index is 13.7. The molecule has 3 aromatic rings. The predicted molar refractivity (Wildman–Crippen MR) is 96.4 cm³/mol. The van der Waals surface area contributed by atoms with Gasteiger partial charge in [-0.2, -0.15) is 0 Å². The van der Waals surface area contributed by atoms with Crippen molar-refractivity contribution in [3.8, 4) is 5.75 Å². The van der Waals surface area contributed by atoms with Crippen LogP contribution in [0.15, 0.2) is 54.9 Å². The minimum Gasteiger partial charge on any atom is -0.493 e. The highest BCUT2D eigenvalue weighted by Crippen LogP contribution is 2.28. The fraction of sp³-hybridized carbons (Fsp3) is 0.300. The molecule has 0 amide bonds. The van der Waals surface area contributed by atoms with Crippen LogP contribution < -0.4 is 9.64 Å². The van der Waals surface area contributed by atoms with Gasteiger partial charge in [0.25, 0.3) is 0 Å². The summed E-state index contributed by atoms with van der Waals surface area (Å²) in [6.45, 7) is 2.46. The van der Waals surface area contributed by atoms with Gasteiger partial charge in [-0.1, -0.05) is 18.2 Å². The van der Waals surface area contributed by atoms with E-state index >= 15 is 0 Å². The molecule has 0 saturated carbocycles. The quantitative estimate of drug-likeness (QED) is 0.719. The smallest absolute Gasteiger partial charge is 0.139 e. The van der Waals surface area contributed by atoms with E-state index in [1.165, 1.54) is 12.1 Å². The normalized spacial score (nSPS) is 17.6. The van der Waals surface area contributed by atoms with Crippen LogP contribution in [0.1, 0.15) is 12.8 Å². The number of benzene rings is 2. The third-order valence-electron chi connectivity index (χ3n) is 4.62. The summed E-state index contributed by atoms with van der Waals surface area (Å²) >= 11 is 0. The molecule has 2 heterocycles. The number of hydrogen-bond donors (Lipinski definition) is 0. The van der Waals surface area contributed by atoms with Crippen molar-refractivity contribution in [3.05, 3.63) is 60.7 Å². The fourth-order valence-corrected chi connectivity index (χ4v) is 3.39. The van der Waals surface area contributed by atoms with Gasteiger partial charge in [0.15, 0.2) is 0 Å². The number of halogens is 1. The van der Waals surface area contributed by atoms with Crippen molar-refractivity contribution in [2.75, 3.05) is 24.6 Å². The third-order valence-corrected chi connectivity index (χ3v) is 4.62. The molecule has 1 saturated heterocycles. The zero-order valence-corrected chi connectivity index (χ0v) is 13.9. The van der Waals surface area contributed by atoms with Crippen molar-refractivity contribution < 1.29 is 9.13 Å². The molecule has 1 fully saturated rings. The highest BCUT2D eigenvalue weighted by atomic mass is 19.1. The van der Waals surface area contributed by atoms with Crippen LogP contribution in [-0.4, -0.2) is 29.7 Å². The standard InChI is InChI=1S/C20H20FN3O/c21-16-8-9-19-18(11-16)20(23-14-22-19)24-10-4-5-15(12-24)13-25-17-6-2-1-3-7-17/h1-3,6-9,11,14-15H,4-5,10,12-13H2. The van der Waals surface area contributed by atoms with E-state index in [0.29, 0.717) is 12.5 Å². The molecule has 0 radical (unpaired) electrons. The minimum atomic E-state index is -0.260. The van der Waals surface area contributed by atoms with Gasteiger partial charge in [0.05, 0.1) is 12.1 Å². The predicted octanol–water partition coefficient (Wildman–Crippen LogP) is 4.06. The number of rotatable bonds is 4. The summed E-state index contributed by atoms with van der Waals surface area (Å²) in [5.74, 6) is 1.88. The first kappa shape index (κ1) is 15.8. The second-order valence-corrected chi connectivity index (χ2v) is 6.44. The molecule has 1 unspecified atom stereocenters. The number of fused-ring (bicyclic) bond motifs is 1. The highest BCUT2D eigenvalue weighted by molar-refractivity contribution is 5.89. The largest absolute Gasteiger partial charge is 0.493 e. The van der Waals surface area contributed by atoms with Gasteiger partial charge in [0.2, 0.25) is 0 Å². The number of hydrogen-bond acceptors (Lipinski definition) is 4. The Bertz CT molecular complexity index is 856. The van der Waals surface area contributed by atoms with Crippen molar-refractivity contribution >= 4 is 16.7 Å². The van der Waals surface area contributed by atoms with E-state index in [9.17, 15) is 4.39 Å². The zero-order valence-electron chi connectivity index (χ0n) is 13.9. The maximum atomic E-state index is 13.7. The molecule has 0 spiro atoms. The molecule has 1 aromatic heterocycles. The molecule has 1 aliphatic heterocycles. The molecule has 2 aromatic carbocycles. The molecule has 4 nitrogen and oxygen atoms in total. The number of para-hydroxylation sites is 1. The van der Waals surface area contributed by atoms with Crippen LogP contribution in [-0.2, 0) is 0 Å². The third kappa shape index (κ3) is 3.55. The Kier molecular flexibility index (Phi) is 4.46. The Labute approximate surface area is 146 Å². The molecule has 4 rings (SSSR count). The molecular formula is C20H20FN3O. The van der Waals surface area contributed by atoms with Crippen LogP contribution in [0.3, 0.4) is 0 Å². The van der Waals surface area contributed by atoms with Crippen molar-refractivity contribution in [2.24, 2.45) is 5.92 Å². The Hall–Kier alpha value is -2.69. The maximum Gasteiger partial charge on any atom is 0.139 e. The molecule has 128 valence electrons. The lowest BCUT2D eigenvalue weighted by Gasteiger charge is -2.34. The van der Waals surface area contributed by atoms with Gasteiger partial charge in [0, 0.05) is 24.4 Å². The lowest BCUT2D eigenvalue weighted by atomic mass is 9.98. The van der Waals surface area contributed by atoms with E-state index in [2.05, 4.69) is 14.9 Å². The molecular weight excluding hydrogens is 317 g/mol.